The van der Waals surface area contributed by atoms with Gasteiger partial charge >= 0.3 is 0 Å². The van der Waals surface area contributed by atoms with Gasteiger partial charge in [0, 0.05) is 69.6 Å². The van der Waals surface area contributed by atoms with Gasteiger partial charge in [-0.2, -0.15) is 0 Å². The van der Waals surface area contributed by atoms with Crippen molar-refractivity contribution < 1.29 is 9.90 Å². The number of likely N-dealkylation sites (tertiary alicyclic amines) is 1. The topological polar surface area (TPSA) is 101 Å². The summed E-state index contributed by atoms with van der Waals surface area (Å²) in [6.45, 7) is 4.75. The van der Waals surface area contributed by atoms with Gasteiger partial charge in [-0.3, -0.25) is 9.69 Å². The van der Waals surface area contributed by atoms with E-state index < -0.39 is 0 Å². The van der Waals surface area contributed by atoms with E-state index in [1.807, 2.05) is 23.2 Å². The number of imidazole rings is 1. The molecule has 1 amide bonds. The fourth-order valence-corrected chi connectivity index (χ4v) is 4.75. The highest BCUT2D eigenvalue weighted by Gasteiger charge is 2.47. The maximum atomic E-state index is 12.9. The number of aromatic nitrogens is 3. The third kappa shape index (κ3) is 3.06. The minimum Gasteiger partial charge on any atom is -0.393 e. The Morgan fingerprint density at radius 2 is 2.18 bits per heavy atom. The molecule has 148 valence electrons. The maximum absolute atomic E-state index is 12.9. The van der Waals surface area contributed by atoms with Gasteiger partial charge in [0.05, 0.1) is 6.10 Å². The molecule has 3 N–H and O–H groups in total. The van der Waals surface area contributed by atoms with Crippen LogP contribution >= 0.6 is 0 Å². The molecule has 0 radical (unpaired) electrons. The molecular weight excluding hydrogens is 356 g/mol. The molecule has 1 aliphatic carbocycles. The number of nitrogens with zero attached hydrogens (tertiary/aromatic N) is 5. The summed E-state index contributed by atoms with van der Waals surface area (Å²) in [7, 11) is 0. The number of pyridine rings is 1. The Morgan fingerprint density at radius 3 is 2.96 bits per heavy atom. The summed E-state index contributed by atoms with van der Waals surface area (Å²) in [5.74, 6) is 2.28. The Morgan fingerprint density at radius 1 is 1.29 bits per heavy atom. The zero-order valence-electron chi connectivity index (χ0n) is 15.9. The number of fused-ring (bicyclic) bond motifs is 2. The first-order valence-corrected chi connectivity index (χ1v) is 10.0. The Bertz CT molecular complexity index is 871. The molecule has 2 aromatic heterocycles. The average Bonchev–Trinajstić information content (AvgIpc) is 3.20. The number of amides is 1. The number of anilines is 1. The van der Waals surface area contributed by atoms with Crippen molar-refractivity contribution in [2.75, 3.05) is 31.9 Å². The maximum Gasteiger partial charge on any atom is 0.274 e. The number of carbonyl (C=O) groups is 1. The molecule has 0 aromatic carbocycles. The van der Waals surface area contributed by atoms with Gasteiger partial charge in [-0.15, -0.1) is 0 Å². The summed E-state index contributed by atoms with van der Waals surface area (Å²) in [6.07, 6.45) is 5.00. The molecule has 3 aliphatic rings. The Hall–Kier alpha value is -2.45. The number of aliphatic hydroxyl groups is 1. The van der Waals surface area contributed by atoms with Crippen LogP contribution in [0.2, 0.25) is 0 Å². The molecule has 8 heteroatoms. The largest absolute Gasteiger partial charge is 0.393 e. The molecule has 2 aromatic rings. The molecule has 0 unspecified atom stereocenters. The van der Waals surface area contributed by atoms with Crippen LogP contribution in [-0.2, 0) is 19.5 Å². The summed E-state index contributed by atoms with van der Waals surface area (Å²) >= 11 is 0. The summed E-state index contributed by atoms with van der Waals surface area (Å²) in [4.78, 5) is 25.9. The highest BCUT2D eigenvalue weighted by atomic mass is 16.3. The van der Waals surface area contributed by atoms with Gasteiger partial charge in [0.15, 0.2) is 0 Å². The van der Waals surface area contributed by atoms with Crippen LogP contribution in [0, 0.1) is 11.8 Å². The molecule has 2 aliphatic heterocycles. The van der Waals surface area contributed by atoms with Crippen molar-refractivity contribution in [1.29, 1.82) is 0 Å². The number of aliphatic hydroxyl groups excluding tert-OH is 1. The van der Waals surface area contributed by atoms with Crippen LogP contribution in [0.25, 0.3) is 0 Å². The second-order valence-corrected chi connectivity index (χ2v) is 8.25. The van der Waals surface area contributed by atoms with E-state index in [1.54, 1.807) is 6.20 Å². The third-order valence-corrected chi connectivity index (χ3v) is 6.52. The van der Waals surface area contributed by atoms with Gasteiger partial charge in [-0.05, 0) is 18.4 Å². The van der Waals surface area contributed by atoms with Crippen LogP contribution in [0.5, 0.6) is 0 Å². The molecular formula is C20H26N6O2. The fraction of sp³-hybridized carbons (Fsp3) is 0.550. The number of hydrogen-bond donors (Lipinski definition) is 2. The van der Waals surface area contributed by atoms with E-state index >= 15 is 0 Å². The van der Waals surface area contributed by atoms with Gasteiger partial charge in [-0.25, -0.2) is 9.97 Å². The number of rotatable bonds is 3. The standard InChI is InChI=1S/C20H26N6O2/c21-19-13(2-1-4-22-19)9-24-5-3-18-23-16(12-25(18)7-6-24)20(28)26-10-14-8-17(27)15(14)11-26/h1-2,4,12,14-15,17,27H,3,5-11H2,(H2,21,22)/t14-,15+,17-/m0/s1. The van der Waals surface area contributed by atoms with E-state index in [0.29, 0.717) is 24.0 Å². The number of carbonyl (C=O) groups excluding carboxylic acids is 1. The number of nitrogens with two attached hydrogens (primary N) is 1. The van der Waals surface area contributed by atoms with E-state index in [1.165, 1.54) is 0 Å². The van der Waals surface area contributed by atoms with Crippen LogP contribution in [-0.4, -0.2) is 67.6 Å². The lowest BCUT2D eigenvalue weighted by atomic mass is 9.74. The van der Waals surface area contributed by atoms with Gasteiger partial charge in [0.2, 0.25) is 0 Å². The molecule has 8 nitrogen and oxygen atoms in total. The molecule has 4 heterocycles. The molecule has 3 atom stereocenters. The summed E-state index contributed by atoms with van der Waals surface area (Å²) in [6, 6.07) is 3.93. The second kappa shape index (κ2) is 6.86. The highest BCUT2D eigenvalue weighted by molar-refractivity contribution is 5.92. The molecule has 1 saturated heterocycles. The van der Waals surface area contributed by atoms with E-state index in [-0.39, 0.29) is 17.9 Å². The van der Waals surface area contributed by atoms with E-state index in [4.69, 9.17) is 5.73 Å². The normalized spacial score (nSPS) is 27.0. The summed E-state index contributed by atoms with van der Waals surface area (Å²) < 4.78 is 2.11. The highest BCUT2D eigenvalue weighted by Crippen LogP contribution is 2.41. The van der Waals surface area contributed by atoms with E-state index in [0.717, 1.165) is 57.0 Å². The van der Waals surface area contributed by atoms with E-state index in [2.05, 4.69) is 19.4 Å². The van der Waals surface area contributed by atoms with Crippen LogP contribution in [0.1, 0.15) is 28.3 Å². The predicted octanol–water partition coefficient (Wildman–Crippen LogP) is 0.371. The molecule has 2 fully saturated rings. The monoisotopic (exact) mass is 382 g/mol. The predicted molar refractivity (Wildman–Crippen MR) is 103 cm³/mol. The zero-order valence-corrected chi connectivity index (χ0v) is 15.9. The lowest BCUT2D eigenvalue weighted by Gasteiger charge is -2.34. The molecule has 28 heavy (non-hydrogen) atoms. The Kier molecular flexibility index (Phi) is 4.32. The lowest BCUT2D eigenvalue weighted by Crippen LogP contribution is -2.39. The van der Waals surface area contributed by atoms with Crippen molar-refractivity contribution >= 4 is 11.7 Å². The van der Waals surface area contributed by atoms with Crippen molar-refractivity contribution in [3.05, 3.63) is 41.6 Å². The van der Waals surface area contributed by atoms with Crippen LogP contribution in [0.15, 0.2) is 24.5 Å². The SMILES string of the molecule is Nc1ncccc1CN1CCc2nc(C(=O)N3C[C@@H]4C[C@H](O)[C@@H]4C3)cn2CC1. The first kappa shape index (κ1) is 17.6. The van der Waals surface area contributed by atoms with Crippen LogP contribution in [0.3, 0.4) is 0 Å². The van der Waals surface area contributed by atoms with Crippen molar-refractivity contribution in [2.45, 2.75) is 32.0 Å². The lowest BCUT2D eigenvalue weighted by molar-refractivity contribution is -0.00427. The molecule has 5 rings (SSSR count). The van der Waals surface area contributed by atoms with Gasteiger partial charge in [0.1, 0.15) is 17.3 Å². The number of nitrogen functional groups attached to an aromatic ring is 1. The summed E-state index contributed by atoms with van der Waals surface area (Å²) in [5.41, 5.74) is 7.56. The van der Waals surface area contributed by atoms with Crippen molar-refractivity contribution in [3.8, 4) is 0 Å². The van der Waals surface area contributed by atoms with Gasteiger partial charge in [0.25, 0.3) is 5.91 Å². The summed E-state index contributed by atoms with van der Waals surface area (Å²) in [5, 5.41) is 9.83. The second-order valence-electron chi connectivity index (χ2n) is 8.25. The Balaban J connectivity index is 1.23. The first-order chi connectivity index (χ1) is 13.6. The van der Waals surface area contributed by atoms with E-state index in [9.17, 15) is 9.90 Å². The van der Waals surface area contributed by atoms with Crippen molar-refractivity contribution in [3.63, 3.8) is 0 Å². The van der Waals surface area contributed by atoms with Gasteiger partial charge < -0.3 is 20.3 Å². The number of hydrogen-bond acceptors (Lipinski definition) is 6. The van der Waals surface area contributed by atoms with Crippen LogP contribution in [0.4, 0.5) is 5.82 Å². The van der Waals surface area contributed by atoms with Gasteiger partial charge in [-0.1, -0.05) is 6.07 Å². The van der Waals surface area contributed by atoms with Crippen LogP contribution < -0.4 is 5.73 Å². The first-order valence-electron chi connectivity index (χ1n) is 10.0. The third-order valence-electron chi connectivity index (χ3n) is 6.52. The molecule has 1 saturated carbocycles. The molecule has 0 spiro atoms. The van der Waals surface area contributed by atoms with Crippen molar-refractivity contribution in [2.24, 2.45) is 11.8 Å². The quantitative estimate of drug-likeness (QED) is 0.796. The average molecular weight is 382 g/mol. The minimum atomic E-state index is -0.235. The zero-order chi connectivity index (χ0) is 19.3. The smallest absolute Gasteiger partial charge is 0.274 e. The minimum absolute atomic E-state index is 0.00200. The molecule has 0 bridgehead atoms. The fourth-order valence-electron chi connectivity index (χ4n) is 4.75. The Labute approximate surface area is 164 Å². The van der Waals surface area contributed by atoms with Crippen molar-refractivity contribution in [1.82, 2.24) is 24.3 Å².